The van der Waals surface area contributed by atoms with Crippen molar-refractivity contribution in [1.82, 2.24) is 5.32 Å². The van der Waals surface area contributed by atoms with E-state index in [1.54, 1.807) is 13.0 Å². The first-order chi connectivity index (χ1) is 7.58. The second kappa shape index (κ2) is 4.42. The second-order valence-corrected chi connectivity index (χ2v) is 4.58. The number of aryl methyl sites for hydroxylation is 1. The average molecular weight is 242 g/mol. The Kier molecular flexibility index (Phi) is 3.15. The lowest BCUT2D eigenvalue weighted by molar-refractivity contribution is -0.121. The van der Waals surface area contributed by atoms with Gasteiger partial charge in [0.25, 0.3) is 0 Å². The quantitative estimate of drug-likeness (QED) is 0.810. The van der Waals surface area contributed by atoms with Crippen molar-refractivity contribution in [2.75, 3.05) is 0 Å². The van der Waals surface area contributed by atoms with Gasteiger partial charge in [-0.15, -0.1) is 11.6 Å². The van der Waals surface area contributed by atoms with Crippen LogP contribution in [0.1, 0.15) is 29.3 Å². The molecule has 1 amide bonds. The second-order valence-electron chi connectivity index (χ2n) is 4.15. The maximum atomic E-state index is 12.9. The third-order valence-corrected chi connectivity index (χ3v) is 3.09. The molecule has 1 saturated carbocycles. The van der Waals surface area contributed by atoms with Crippen LogP contribution >= 0.6 is 11.6 Å². The molecule has 0 radical (unpaired) electrons. The topological polar surface area (TPSA) is 29.1 Å². The minimum atomic E-state index is -0.735. The Bertz CT molecular complexity index is 417. The average Bonchev–Trinajstić information content (AvgIpc) is 3.00. The van der Waals surface area contributed by atoms with E-state index in [4.69, 9.17) is 11.6 Å². The number of benzene rings is 1. The number of carbonyl (C=O) groups excluding carboxylic acids is 1. The van der Waals surface area contributed by atoms with Crippen LogP contribution in [0.5, 0.6) is 0 Å². The van der Waals surface area contributed by atoms with E-state index in [-0.39, 0.29) is 17.8 Å². The Morgan fingerprint density at radius 2 is 2.25 bits per heavy atom. The van der Waals surface area contributed by atoms with E-state index in [1.165, 1.54) is 12.1 Å². The van der Waals surface area contributed by atoms with Crippen LogP contribution in [0.2, 0.25) is 0 Å². The van der Waals surface area contributed by atoms with Gasteiger partial charge < -0.3 is 5.32 Å². The van der Waals surface area contributed by atoms with Gasteiger partial charge in [-0.3, -0.25) is 4.79 Å². The van der Waals surface area contributed by atoms with Gasteiger partial charge in [-0.2, -0.15) is 0 Å². The SMILES string of the molecule is Cc1cc(F)ccc1C(Cl)C(=O)NC1CC1. The summed E-state index contributed by atoms with van der Waals surface area (Å²) in [5.74, 6) is -0.508. The lowest BCUT2D eigenvalue weighted by atomic mass is 10.0. The lowest BCUT2D eigenvalue weighted by Crippen LogP contribution is -2.29. The van der Waals surface area contributed by atoms with Crippen molar-refractivity contribution >= 4 is 17.5 Å². The molecule has 0 bridgehead atoms. The smallest absolute Gasteiger partial charge is 0.242 e. The molecule has 2 rings (SSSR count). The van der Waals surface area contributed by atoms with Crippen LogP contribution in [0.4, 0.5) is 4.39 Å². The molecule has 0 aromatic heterocycles. The number of carbonyl (C=O) groups is 1. The zero-order valence-electron chi connectivity index (χ0n) is 8.97. The molecule has 1 aromatic carbocycles. The first kappa shape index (κ1) is 11.4. The molecule has 0 aliphatic heterocycles. The van der Waals surface area contributed by atoms with Crippen molar-refractivity contribution in [2.45, 2.75) is 31.2 Å². The zero-order valence-corrected chi connectivity index (χ0v) is 9.72. The highest BCUT2D eigenvalue weighted by Gasteiger charge is 2.27. The molecule has 0 spiro atoms. The molecule has 16 heavy (non-hydrogen) atoms. The van der Waals surface area contributed by atoms with Crippen LogP contribution < -0.4 is 5.32 Å². The highest BCUT2D eigenvalue weighted by atomic mass is 35.5. The molecule has 2 nitrogen and oxygen atoms in total. The number of alkyl halides is 1. The first-order valence-corrected chi connectivity index (χ1v) is 5.72. The van der Waals surface area contributed by atoms with Crippen molar-refractivity contribution < 1.29 is 9.18 Å². The van der Waals surface area contributed by atoms with Crippen LogP contribution in [0, 0.1) is 12.7 Å². The Morgan fingerprint density at radius 1 is 1.56 bits per heavy atom. The van der Waals surface area contributed by atoms with E-state index in [0.29, 0.717) is 11.1 Å². The van der Waals surface area contributed by atoms with Crippen molar-refractivity contribution in [3.63, 3.8) is 0 Å². The number of halogens is 2. The molecule has 1 N–H and O–H groups in total. The predicted molar refractivity (Wildman–Crippen MR) is 60.9 cm³/mol. The summed E-state index contributed by atoms with van der Waals surface area (Å²) in [5.41, 5.74) is 1.37. The predicted octanol–water partition coefficient (Wildman–Crippen LogP) is 2.69. The van der Waals surface area contributed by atoms with Gasteiger partial charge in [0.05, 0.1) is 0 Å². The Hall–Kier alpha value is -1.09. The summed E-state index contributed by atoms with van der Waals surface area (Å²) in [6, 6.07) is 4.56. The highest BCUT2D eigenvalue weighted by Crippen LogP contribution is 2.27. The molecule has 1 unspecified atom stereocenters. The van der Waals surface area contributed by atoms with Gasteiger partial charge in [0.1, 0.15) is 11.2 Å². The van der Waals surface area contributed by atoms with E-state index < -0.39 is 5.38 Å². The number of nitrogens with one attached hydrogen (secondary N) is 1. The standard InChI is InChI=1S/C12H13ClFNO/c1-7-6-8(14)2-5-10(7)11(13)12(16)15-9-3-4-9/h2,5-6,9,11H,3-4H2,1H3,(H,15,16). The zero-order chi connectivity index (χ0) is 11.7. The number of hydrogen-bond donors (Lipinski definition) is 1. The van der Waals surface area contributed by atoms with Crippen LogP contribution in [0.3, 0.4) is 0 Å². The van der Waals surface area contributed by atoms with Crippen molar-refractivity contribution in [3.05, 3.63) is 35.1 Å². The van der Waals surface area contributed by atoms with Gasteiger partial charge in [-0.1, -0.05) is 6.07 Å². The normalized spacial score (nSPS) is 16.9. The van der Waals surface area contributed by atoms with Gasteiger partial charge in [-0.25, -0.2) is 4.39 Å². The third kappa shape index (κ3) is 2.53. The van der Waals surface area contributed by atoms with E-state index in [0.717, 1.165) is 12.8 Å². The fourth-order valence-corrected chi connectivity index (χ4v) is 1.87. The van der Waals surface area contributed by atoms with Gasteiger partial charge in [-0.05, 0) is 43.0 Å². The van der Waals surface area contributed by atoms with E-state index in [9.17, 15) is 9.18 Å². The maximum absolute atomic E-state index is 12.9. The summed E-state index contributed by atoms with van der Waals surface area (Å²) in [4.78, 5) is 11.7. The fourth-order valence-electron chi connectivity index (χ4n) is 1.57. The molecule has 1 aliphatic carbocycles. The van der Waals surface area contributed by atoms with E-state index in [1.807, 2.05) is 0 Å². The summed E-state index contributed by atoms with van der Waals surface area (Å²) in [7, 11) is 0. The molecule has 1 aliphatic rings. The molecule has 86 valence electrons. The molecule has 1 fully saturated rings. The minimum absolute atomic E-state index is 0.195. The summed E-state index contributed by atoms with van der Waals surface area (Å²) < 4.78 is 12.9. The fraction of sp³-hybridized carbons (Fsp3) is 0.417. The molecular formula is C12H13ClFNO. The number of hydrogen-bond acceptors (Lipinski definition) is 1. The molecule has 0 heterocycles. The maximum Gasteiger partial charge on any atom is 0.242 e. The van der Waals surface area contributed by atoms with E-state index >= 15 is 0 Å². The van der Waals surface area contributed by atoms with Gasteiger partial charge in [0, 0.05) is 6.04 Å². The largest absolute Gasteiger partial charge is 0.352 e. The highest BCUT2D eigenvalue weighted by molar-refractivity contribution is 6.30. The van der Waals surface area contributed by atoms with Crippen LogP contribution in [0.25, 0.3) is 0 Å². The van der Waals surface area contributed by atoms with Crippen LogP contribution in [0.15, 0.2) is 18.2 Å². The van der Waals surface area contributed by atoms with E-state index in [2.05, 4.69) is 5.32 Å². The molecular weight excluding hydrogens is 229 g/mol. The molecule has 1 atom stereocenters. The Morgan fingerprint density at radius 3 is 2.81 bits per heavy atom. The first-order valence-electron chi connectivity index (χ1n) is 5.28. The van der Waals surface area contributed by atoms with Crippen LogP contribution in [-0.2, 0) is 4.79 Å². The molecule has 4 heteroatoms. The summed E-state index contributed by atoms with van der Waals surface area (Å²) in [6.45, 7) is 1.75. The van der Waals surface area contributed by atoms with Gasteiger partial charge in [0.2, 0.25) is 5.91 Å². The van der Waals surface area contributed by atoms with Crippen molar-refractivity contribution in [2.24, 2.45) is 0 Å². The summed E-state index contributed by atoms with van der Waals surface area (Å²) >= 11 is 6.05. The lowest BCUT2D eigenvalue weighted by Gasteiger charge is -2.12. The van der Waals surface area contributed by atoms with Gasteiger partial charge in [0.15, 0.2) is 0 Å². The summed E-state index contributed by atoms with van der Waals surface area (Å²) in [5, 5.41) is 2.09. The third-order valence-electron chi connectivity index (χ3n) is 2.66. The summed E-state index contributed by atoms with van der Waals surface area (Å²) in [6.07, 6.45) is 2.05. The Balaban J connectivity index is 2.12. The number of rotatable bonds is 3. The molecule has 0 saturated heterocycles. The Labute approximate surface area is 98.8 Å². The van der Waals surface area contributed by atoms with Crippen LogP contribution in [-0.4, -0.2) is 11.9 Å². The minimum Gasteiger partial charge on any atom is -0.352 e. The number of amides is 1. The van der Waals surface area contributed by atoms with Crippen molar-refractivity contribution in [3.8, 4) is 0 Å². The monoisotopic (exact) mass is 241 g/mol. The van der Waals surface area contributed by atoms with Gasteiger partial charge >= 0.3 is 0 Å². The molecule has 1 aromatic rings. The van der Waals surface area contributed by atoms with Crippen molar-refractivity contribution in [1.29, 1.82) is 0 Å².